The molecule has 1 saturated heterocycles. The minimum Gasteiger partial charge on any atom is -0.322 e. The Labute approximate surface area is 110 Å². The van der Waals surface area contributed by atoms with Crippen molar-refractivity contribution in [2.24, 2.45) is 0 Å². The van der Waals surface area contributed by atoms with E-state index in [2.05, 4.69) is 5.32 Å². The van der Waals surface area contributed by atoms with Crippen molar-refractivity contribution in [3.63, 3.8) is 0 Å². The molecular formula is C14H14N2O3. The number of piperidine rings is 1. The maximum absolute atomic E-state index is 12.3. The summed E-state index contributed by atoms with van der Waals surface area (Å²) in [5, 5.41) is 2.29. The Bertz CT molecular complexity index is 594. The molecule has 3 amide bonds. The fraction of sp³-hybridized carbons (Fsp3) is 0.357. The zero-order chi connectivity index (χ0) is 13.6. The molecule has 2 aliphatic rings. The first-order valence-corrected chi connectivity index (χ1v) is 6.30. The number of nitrogens with one attached hydrogen (secondary N) is 1. The fourth-order valence-corrected chi connectivity index (χ4v) is 2.70. The highest BCUT2D eigenvalue weighted by molar-refractivity contribution is 6.05. The number of amides is 3. The molecule has 0 saturated carbocycles. The molecule has 5 nitrogen and oxygen atoms in total. The maximum Gasteiger partial charge on any atom is 0.255 e. The van der Waals surface area contributed by atoms with Crippen LogP contribution in [0.2, 0.25) is 0 Å². The average Bonchev–Trinajstić information content (AvgIpc) is 2.66. The molecule has 19 heavy (non-hydrogen) atoms. The summed E-state index contributed by atoms with van der Waals surface area (Å²) >= 11 is 0. The Morgan fingerprint density at radius 2 is 2.05 bits per heavy atom. The lowest BCUT2D eigenvalue weighted by atomic mass is 10.0. The van der Waals surface area contributed by atoms with Crippen LogP contribution in [0.15, 0.2) is 18.2 Å². The summed E-state index contributed by atoms with van der Waals surface area (Å²) in [5.41, 5.74) is 2.71. The summed E-state index contributed by atoms with van der Waals surface area (Å²) in [5.74, 6) is -0.750. The van der Waals surface area contributed by atoms with Crippen molar-refractivity contribution in [1.29, 1.82) is 0 Å². The highest BCUT2D eigenvalue weighted by atomic mass is 16.2. The zero-order valence-corrected chi connectivity index (χ0v) is 10.6. The number of carbonyl (C=O) groups excluding carboxylic acids is 3. The van der Waals surface area contributed by atoms with Gasteiger partial charge in [0.25, 0.3) is 5.91 Å². The summed E-state index contributed by atoms with van der Waals surface area (Å²) in [4.78, 5) is 36.8. The van der Waals surface area contributed by atoms with E-state index in [9.17, 15) is 14.4 Å². The number of imide groups is 1. The molecular weight excluding hydrogens is 244 g/mol. The van der Waals surface area contributed by atoms with Crippen LogP contribution >= 0.6 is 0 Å². The normalized spacial score (nSPS) is 22.5. The van der Waals surface area contributed by atoms with E-state index in [-0.39, 0.29) is 24.1 Å². The highest BCUT2D eigenvalue weighted by Crippen LogP contribution is 2.27. The quantitative estimate of drug-likeness (QED) is 0.756. The van der Waals surface area contributed by atoms with E-state index in [4.69, 9.17) is 0 Å². The molecule has 0 unspecified atom stereocenters. The molecule has 1 atom stereocenters. The molecule has 1 aromatic carbocycles. The van der Waals surface area contributed by atoms with Crippen LogP contribution in [-0.2, 0) is 16.1 Å². The van der Waals surface area contributed by atoms with Gasteiger partial charge in [-0.25, -0.2) is 0 Å². The Hall–Kier alpha value is -2.17. The molecule has 0 aliphatic carbocycles. The monoisotopic (exact) mass is 258 g/mol. The third-order valence-electron chi connectivity index (χ3n) is 3.68. The SMILES string of the molecule is Cc1ccc2c(c1)CN([C@@H]1CCC(=O)NC1=O)C2=O. The Kier molecular flexibility index (Phi) is 2.62. The Balaban J connectivity index is 1.87. The molecule has 1 fully saturated rings. The summed E-state index contributed by atoms with van der Waals surface area (Å²) in [6, 6.07) is 5.14. The van der Waals surface area contributed by atoms with E-state index in [0.717, 1.165) is 11.1 Å². The van der Waals surface area contributed by atoms with Gasteiger partial charge in [-0.3, -0.25) is 19.7 Å². The number of hydrogen-bond donors (Lipinski definition) is 1. The lowest BCUT2D eigenvalue weighted by Gasteiger charge is -2.29. The lowest BCUT2D eigenvalue weighted by Crippen LogP contribution is -2.52. The van der Waals surface area contributed by atoms with Gasteiger partial charge in [-0.05, 0) is 25.0 Å². The Morgan fingerprint density at radius 3 is 2.79 bits per heavy atom. The summed E-state index contributed by atoms with van der Waals surface area (Å²) in [7, 11) is 0. The smallest absolute Gasteiger partial charge is 0.255 e. The second kappa shape index (κ2) is 4.19. The van der Waals surface area contributed by atoms with Crippen molar-refractivity contribution in [3.05, 3.63) is 34.9 Å². The first kappa shape index (κ1) is 11.9. The van der Waals surface area contributed by atoms with Crippen LogP contribution in [0, 0.1) is 6.92 Å². The van der Waals surface area contributed by atoms with E-state index in [1.165, 1.54) is 0 Å². The standard InChI is InChI=1S/C14H14N2O3/c1-8-2-3-10-9(6-8)7-16(14(10)19)11-4-5-12(17)15-13(11)18/h2-3,6,11H,4-5,7H2,1H3,(H,15,17,18)/t11-/m1/s1. The molecule has 5 heteroatoms. The molecule has 2 heterocycles. The van der Waals surface area contributed by atoms with E-state index >= 15 is 0 Å². The molecule has 0 spiro atoms. The lowest BCUT2D eigenvalue weighted by molar-refractivity contribution is -0.136. The van der Waals surface area contributed by atoms with Crippen molar-refractivity contribution >= 4 is 17.7 Å². The van der Waals surface area contributed by atoms with Gasteiger partial charge in [0.05, 0.1) is 0 Å². The van der Waals surface area contributed by atoms with Crippen molar-refractivity contribution in [2.75, 3.05) is 0 Å². The molecule has 3 rings (SSSR count). The molecule has 2 aliphatic heterocycles. The summed E-state index contributed by atoms with van der Waals surface area (Å²) in [6.07, 6.45) is 0.693. The van der Waals surface area contributed by atoms with Crippen LogP contribution < -0.4 is 5.32 Å². The van der Waals surface area contributed by atoms with Crippen molar-refractivity contribution in [3.8, 4) is 0 Å². The van der Waals surface area contributed by atoms with Crippen molar-refractivity contribution in [2.45, 2.75) is 32.4 Å². The van der Waals surface area contributed by atoms with Crippen molar-refractivity contribution < 1.29 is 14.4 Å². The minimum absolute atomic E-state index is 0.121. The molecule has 0 bridgehead atoms. The number of carbonyl (C=O) groups is 3. The van der Waals surface area contributed by atoms with Gasteiger partial charge in [0.1, 0.15) is 6.04 Å². The van der Waals surface area contributed by atoms with Crippen LogP contribution in [-0.4, -0.2) is 28.7 Å². The minimum atomic E-state index is -0.530. The molecule has 0 radical (unpaired) electrons. The average molecular weight is 258 g/mol. The van der Waals surface area contributed by atoms with Crippen LogP contribution in [0.4, 0.5) is 0 Å². The second-order valence-corrected chi connectivity index (χ2v) is 5.06. The molecule has 98 valence electrons. The van der Waals surface area contributed by atoms with Gasteiger partial charge in [0, 0.05) is 18.5 Å². The zero-order valence-electron chi connectivity index (χ0n) is 10.6. The van der Waals surface area contributed by atoms with Gasteiger partial charge in [-0.2, -0.15) is 0 Å². The molecule has 1 N–H and O–H groups in total. The largest absolute Gasteiger partial charge is 0.322 e. The van der Waals surface area contributed by atoms with Crippen LogP contribution in [0.25, 0.3) is 0 Å². The number of hydrogen-bond acceptors (Lipinski definition) is 3. The van der Waals surface area contributed by atoms with Crippen LogP contribution in [0.5, 0.6) is 0 Å². The number of benzene rings is 1. The van der Waals surface area contributed by atoms with Gasteiger partial charge < -0.3 is 4.90 Å². The van der Waals surface area contributed by atoms with Gasteiger partial charge >= 0.3 is 0 Å². The molecule has 0 aromatic heterocycles. The second-order valence-electron chi connectivity index (χ2n) is 5.06. The van der Waals surface area contributed by atoms with Crippen LogP contribution in [0.1, 0.15) is 34.3 Å². The maximum atomic E-state index is 12.3. The highest BCUT2D eigenvalue weighted by Gasteiger charge is 2.38. The van der Waals surface area contributed by atoms with Gasteiger partial charge in [0.2, 0.25) is 11.8 Å². The number of rotatable bonds is 1. The van der Waals surface area contributed by atoms with Crippen molar-refractivity contribution in [1.82, 2.24) is 10.2 Å². The van der Waals surface area contributed by atoms with E-state index < -0.39 is 6.04 Å². The number of aryl methyl sites for hydroxylation is 1. The summed E-state index contributed by atoms with van der Waals surface area (Å²) in [6.45, 7) is 2.42. The van der Waals surface area contributed by atoms with E-state index in [1.807, 2.05) is 19.1 Å². The third kappa shape index (κ3) is 1.91. The fourth-order valence-electron chi connectivity index (χ4n) is 2.70. The topological polar surface area (TPSA) is 66.5 Å². The van der Waals surface area contributed by atoms with E-state index in [0.29, 0.717) is 18.5 Å². The van der Waals surface area contributed by atoms with E-state index in [1.54, 1.807) is 11.0 Å². The summed E-state index contributed by atoms with van der Waals surface area (Å²) < 4.78 is 0. The predicted molar refractivity (Wildman–Crippen MR) is 67.2 cm³/mol. The predicted octanol–water partition coefficient (Wildman–Crippen LogP) is 0.756. The Morgan fingerprint density at radius 1 is 1.26 bits per heavy atom. The first-order chi connectivity index (χ1) is 9.06. The first-order valence-electron chi connectivity index (χ1n) is 6.30. The third-order valence-corrected chi connectivity index (χ3v) is 3.68. The van der Waals surface area contributed by atoms with Gasteiger partial charge in [0.15, 0.2) is 0 Å². The van der Waals surface area contributed by atoms with Gasteiger partial charge in [-0.1, -0.05) is 17.7 Å². The van der Waals surface area contributed by atoms with Crippen LogP contribution in [0.3, 0.4) is 0 Å². The van der Waals surface area contributed by atoms with Gasteiger partial charge in [-0.15, -0.1) is 0 Å². The number of fused-ring (bicyclic) bond motifs is 1. The molecule has 1 aromatic rings. The number of nitrogens with zero attached hydrogens (tertiary/aromatic N) is 1.